The van der Waals surface area contributed by atoms with Crippen LogP contribution in [0.5, 0.6) is 0 Å². The zero-order chi connectivity index (χ0) is 17.1. The van der Waals surface area contributed by atoms with Crippen LogP contribution in [0.3, 0.4) is 0 Å². The van der Waals surface area contributed by atoms with Crippen LogP contribution in [0, 0.1) is 5.21 Å². The van der Waals surface area contributed by atoms with Crippen molar-refractivity contribution in [2.45, 2.75) is 24.4 Å². The molecule has 7 heteroatoms. The number of aromatic nitrogens is 1. The highest BCUT2D eigenvalue weighted by atomic mass is 32.2. The number of carbonyl (C=O) groups is 2. The zero-order valence-electron chi connectivity index (χ0n) is 13.1. The Morgan fingerprint density at radius 2 is 2.25 bits per heavy atom. The minimum Gasteiger partial charge on any atom is -0.618 e. The summed E-state index contributed by atoms with van der Waals surface area (Å²) >= 11 is 1.20. The van der Waals surface area contributed by atoms with E-state index in [1.807, 2.05) is 25.1 Å². The van der Waals surface area contributed by atoms with Gasteiger partial charge in [0.15, 0.2) is 6.20 Å². The van der Waals surface area contributed by atoms with Crippen molar-refractivity contribution in [1.29, 1.82) is 0 Å². The Hall–Kier alpha value is -2.54. The summed E-state index contributed by atoms with van der Waals surface area (Å²) in [5.74, 6) is 0.0109. The fourth-order valence-corrected chi connectivity index (χ4v) is 3.27. The highest BCUT2D eigenvalue weighted by Crippen LogP contribution is 2.26. The summed E-state index contributed by atoms with van der Waals surface area (Å²) in [6.45, 7) is 1.89. The van der Waals surface area contributed by atoms with Crippen molar-refractivity contribution in [3.63, 3.8) is 0 Å². The fourth-order valence-electron chi connectivity index (χ4n) is 2.55. The number of anilines is 1. The van der Waals surface area contributed by atoms with Crippen molar-refractivity contribution in [2.24, 2.45) is 0 Å². The summed E-state index contributed by atoms with van der Waals surface area (Å²) in [6.07, 6.45) is 1.78. The second-order valence-corrected chi connectivity index (χ2v) is 6.58. The Morgan fingerprint density at radius 3 is 3.04 bits per heavy atom. The molecule has 1 aromatic heterocycles. The van der Waals surface area contributed by atoms with Crippen LogP contribution in [0.15, 0.2) is 47.6 Å². The van der Waals surface area contributed by atoms with E-state index in [2.05, 4.69) is 10.6 Å². The molecule has 0 saturated heterocycles. The molecule has 0 radical (unpaired) electrons. The molecule has 24 heavy (non-hydrogen) atoms. The summed E-state index contributed by atoms with van der Waals surface area (Å²) in [5.41, 5.74) is 2.73. The molecule has 3 rings (SSSR count). The van der Waals surface area contributed by atoms with Crippen LogP contribution in [0.25, 0.3) is 0 Å². The van der Waals surface area contributed by atoms with Crippen LogP contribution in [-0.4, -0.2) is 17.6 Å². The standard InChI is InChI=1S/C17H17N3O3S/c1-11(12-5-6-14-13(8-12)9-15(21)19-14)18-16(22)10-24-17-4-2-3-7-20(17)23/h2-8,11H,9-10H2,1H3,(H,18,22)(H,19,21)/t11-/m1/s1. The van der Waals surface area contributed by atoms with Gasteiger partial charge in [0.25, 0.3) is 5.03 Å². The molecule has 0 aliphatic carbocycles. The number of rotatable bonds is 5. The minimum atomic E-state index is -0.172. The zero-order valence-corrected chi connectivity index (χ0v) is 13.9. The van der Waals surface area contributed by atoms with E-state index in [1.165, 1.54) is 18.0 Å². The molecule has 0 spiro atoms. The van der Waals surface area contributed by atoms with Gasteiger partial charge in [0, 0.05) is 17.8 Å². The van der Waals surface area contributed by atoms with E-state index >= 15 is 0 Å². The second-order valence-electron chi connectivity index (χ2n) is 5.58. The molecule has 0 unspecified atom stereocenters. The SMILES string of the molecule is C[C@@H](NC(=O)CSc1cccc[n+]1[O-])c1ccc2c(c1)CC(=O)N2. The van der Waals surface area contributed by atoms with Crippen LogP contribution < -0.4 is 15.4 Å². The molecule has 1 aliphatic heterocycles. The van der Waals surface area contributed by atoms with Gasteiger partial charge in [-0.15, -0.1) is 0 Å². The molecule has 0 fully saturated rings. The van der Waals surface area contributed by atoms with Crippen molar-refractivity contribution < 1.29 is 14.3 Å². The van der Waals surface area contributed by atoms with Crippen LogP contribution >= 0.6 is 11.8 Å². The van der Waals surface area contributed by atoms with E-state index in [-0.39, 0.29) is 23.6 Å². The van der Waals surface area contributed by atoms with Gasteiger partial charge >= 0.3 is 0 Å². The molecular formula is C17H17N3O3S. The first-order chi connectivity index (χ1) is 11.5. The number of pyridine rings is 1. The topological polar surface area (TPSA) is 85.1 Å². The Balaban J connectivity index is 1.58. The number of fused-ring (bicyclic) bond motifs is 1. The molecule has 2 aromatic rings. The maximum Gasteiger partial charge on any atom is 0.251 e. The lowest BCUT2D eigenvalue weighted by atomic mass is 10.0. The van der Waals surface area contributed by atoms with Gasteiger partial charge in [0.05, 0.1) is 18.2 Å². The Morgan fingerprint density at radius 1 is 1.42 bits per heavy atom. The molecule has 1 atom stereocenters. The van der Waals surface area contributed by atoms with Gasteiger partial charge in [0.2, 0.25) is 11.8 Å². The molecule has 2 N–H and O–H groups in total. The predicted molar refractivity (Wildman–Crippen MR) is 91.5 cm³/mol. The highest BCUT2D eigenvalue weighted by molar-refractivity contribution is 7.99. The quantitative estimate of drug-likeness (QED) is 0.492. The second kappa shape index (κ2) is 6.92. The molecule has 1 aliphatic rings. The van der Waals surface area contributed by atoms with Gasteiger partial charge < -0.3 is 15.8 Å². The average Bonchev–Trinajstić information content (AvgIpc) is 2.93. The molecular weight excluding hydrogens is 326 g/mol. The Kier molecular flexibility index (Phi) is 4.71. The number of carbonyl (C=O) groups excluding carboxylic acids is 2. The van der Waals surface area contributed by atoms with Crippen LogP contribution in [0.4, 0.5) is 5.69 Å². The largest absolute Gasteiger partial charge is 0.618 e. The Bertz CT molecular complexity index is 794. The summed E-state index contributed by atoms with van der Waals surface area (Å²) in [6, 6.07) is 10.6. The van der Waals surface area contributed by atoms with Crippen molar-refractivity contribution in [2.75, 3.05) is 11.1 Å². The van der Waals surface area contributed by atoms with Crippen LogP contribution in [-0.2, 0) is 16.0 Å². The molecule has 2 amide bonds. The van der Waals surface area contributed by atoms with E-state index < -0.39 is 0 Å². The third kappa shape index (κ3) is 3.68. The molecule has 6 nitrogen and oxygen atoms in total. The maximum absolute atomic E-state index is 12.1. The first-order valence-corrected chi connectivity index (χ1v) is 8.54. The van der Waals surface area contributed by atoms with Gasteiger partial charge in [-0.1, -0.05) is 12.1 Å². The van der Waals surface area contributed by atoms with Crippen LogP contribution in [0.1, 0.15) is 24.1 Å². The first-order valence-electron chi connectivity index (χ1n) is 7.56. The number of nitrogens with zero attached hydrogens (tertiary/aromatic N) is 1. The molecule has 124 valence electrons. The van der Waals surface area contributed by atoms with Crippen molar-refractivity contribution >= 4 is 29.3 Å². The summed E-state index contributed by atoms with van der Waals surface area (Å²) in [5, 5.41) is 17.7. The molecule has 1 aromatic carbocycles. The number of thioether (sulfide) groups is 1. The van der Waals surface area contributed by atoms with Crippen LogP contribution in [0.2, 0.25) is 0 Å². The summed E-state index contributed by atoms with van der Waals surface area (Å²) in [4.78, 5) is 23.5. The molecule has 2 heterocycles. The summed E-state index contributed by atoms with van der Waals surface area (Å²) < 4.78 is 0.742. The van der Waals surface area contributed by atoms with Gasteiger partial charge in [0.1, 0.15) is 0 Å². The van der Waals surface area contributed by atoms with E-state index in [1.54, 1.807) is 18.2 Å². The fraction of sp³-hybridized carbons (Fsp3) is 0.235. The smallest absolute Gasteiger partial charge is 0.251 e. The van der Waals surface area contributed by atoms with E-state index in [0.717, 1.165) is 21.5 Å². The Labute approximate surface area is 143 Å². The average molecular weight is 343 g/mol. The molecule has 0 bridgehead atoms. The molecule has 0 saturated carbocycles. The van der Waals surface area contributed by atoms with Gasteiger partial charge in [-0.2, -0.15) is 4.73 Å². The maximum atomic E-state index is 12.1. The normalized spacial score (nSPS) is 14.0. The van der Waals surface area contributed by atoms with E-state index in [0.29, 0.717) is 11.4 Å². The lowest BCUT2D eigenvalue weighted by Gasteiger charge is -2.15. The number of hydrogen-bond acceptors (Lipinski definition) is 4. The lowest BCUT2D eigenvalue weighted by Crippen LogP contribution is -2.31. The van der Waals surface area contributed by atoms with E-state index in [4.69, 9.17) is 0 Å². The lowest BCUT2D eigenvalue weighted by molar-refractivity contribution is -0.645. The highest BCUT2D eigenvalue weighted by Gasteiger charge is 2.19. The third-order valence-electron chi connectivity index (χ3n) is 3.77. The number of hydrogen-bond donors (Lipinski definition) is 2. The first kappa shape index (κ1) is 16.3. The van der Waals surface area contributed by atoms with Gasteiger partial charge in [-0.25, -0.2) is 0 Å². The third-order valence-corrected chi connectivity index (χ3v) is 4.79. The predicted octanol–water partition coefficient (Wildman–Crippen LogP) is 1.78. The monoisotopic (exact) mass is 343 g/mol. The minimum absolute atomic E-state index is 0.0102. The number of benzene rings is 1. The van der Waals surface area contributed by atoms with Crippen molar-refractivity contribution in [3.05, 3.63) is 58.9 Å². The number of nitrogens with one attached hydrogen (secondary N) is 2. The van der Waals surface area contributed by atoms with Gasteiger partial charge in [-0.05, 0) is 41.9 Å². The van der Waals surface area contributed by atoms with E-state index in [9.17, 15) is 14.8 Å². The number of amides is 2. The van der Waals surface area contributed by atoms with Gasteiger partial charge in [-0.3, -0.25) is 9.59 Å². The van der Waals surface area contributed by atoms with Crippen molar-refractivity contribution in [1.82, 2.24) is 5.32 Å². The summed E-state index contributed by atoms with van der Waals surface area (Å²) in [7, 11) is 0. The van der Waals surface area contributed by atoms with Crippen molar-refractivity contribution in [3.8, 4) is 0 Å².